The lowest BCUT2D eigenvalue weighted by molar-refractivity contribution is 0.263. The Bertz CT molecular complexity index is 333. The third-order valence-corrected chi connectivity index (χ3v) is 2.97. The number of piperidine rings is 1. The maximum Gasteiger partial charge on any atom is 0.142 e. The molecule has 4 N–H and O–H groups in total. The number of nitrogens with two attached hydrogens (primary N) is 1. The van der Waals surface area contributed by atoms with E-state index < -0.39 is 0 Å². The second-order valence-corrected chi connectivity index (χ2v) is 4.27. The van der Waals surface area contributed by atoms with Gasteiger partial charge >= 0.3 is 0 Å². The van der Waals surface area contributed by atoms with E-state index in [1.54, 1.807) is 0 Å². The predicted molar refractivity (Wildman–Crippen MR) is 66.2 cm³/mol. The van der Waals surface area contributed by atoms with E-state index in [1.165, 1.54) is 12.8 Å². The molecule has 1 aliphatic heterocycles. The highest BCUT2D eigenvalue weighted by atomic mass is 15.3. The Hall–Kier alpha value is -1.33. The molecule has 0 aromatic carbocycles. The minimum absolute atomic E-state index is 0.525. The minimum Gasteiger partial charge on any atom is -0.367 e. The monoisotopic (exact) mass is 221 g/mol. The molecule has 2 rings (SSSR count). The van der Waals surface area contributed by atoms with Crippen LogP contribution in [0.15, 0.2) is 18.2 Å². The number of nitrogen functional groups attached to an aromatic ring is 1. The van der Waals surface area contributed by atoms with E-state index in [0.717, 1.165) is 18.9 Å². The van der Waals surface area contributed by atoms with Gasteiger partial charge in [-0.25, -0.2) is 10.8 Å². The van der Waals surface area contributed by atoms with Crippen LogP contribution in [0.1, 0.15) is 12.8 Å². The summed E-state index contributed by atoms with van der Waals surface area (Å²) in [6.07, 6.45) is 2.33. The number of nitrogens with zero attached hydrogens (tertiary/aromatic N) is 2. The number of hydrogen-bond donors (Lipinski definition) is 3. The molecule has 0 atom stereocenters. The normalized spacial score (nSPS) is 18.4. The van der Waals surface area contributed by atoms with Crippen LogP contribution in [0, 0.1) is 0 Å². The summed E-state index contributed by atoms with van der Waals surface area (Å²) in [5.74, 6) is 6.91. The molecule has 0 amide bonds. The van der Waals surface area contributed by atoms with Gasteiger partial charge in [-0.3, -0.25) is 0 Å². The molecule has 0 unspecified atom stereocenters. The maximum atomic E-state index is 5.32. The zero-order valence-corrected chi connectivity index (χ0v) is 9.61. The molecule has 1 aromatic rings. The van der Waals surface area contributed by atoms with Gasteiger partial charge in [0.25, 0.3) is 0 Å². The average Bonchev–Trinajstić information content (AvgIpc) is 2.32. The van der Waals surface area contributed by atoms with E-state index in [2.05, 4.69) is 27.7 Å². The van der Waals surface area contributed by atoms with E-state index in [4.69, 9.17) is 5.84 Å². The minimum atomic E-state index is 0.525. The van der Waals surface area contributed by atoms with Crippen LogP contribution in [0.5, 0.6) is 0 Å². The fraction of sp³-hybridized carbons (Fsp3) is 0.545. The van der Waals surface area contributed by atoms with Crippen molar-refractivity contribution in [3.63, 3.8) is 0 Å². The summed E-state index contributed by atoms with van der Waals surface area (Å²) >= 11 is 0. The molecule has 16 heavy (non-hydrogen) atoms. The lowest BCUT2D eigenvalue weighted by Crippen LogP contribution is -2.36. The average molecular weight is 221 g/mol. The number of hydrazine groups is 1. The first-order chi connectivity index (χ1) is 7.78. The highest BCUT2D eigenvalue weighted by Crippen LogP contribution is 2.15. The molecular formula is C11H19N5. The molecule has 88 valence electrons. The van der Waals surface area contributed by atoms with Crippen LogP contribution >= 0.6 is 0 Å². The molecule has 1 fully saturated rings. The number of pyridine rings is 1. The van der Waals surface area contributed by atoms with Gasteiger partial charge in [-0.05, 0) is 45.1 Å². The summed E-state index contributed by atoms with van der Waals surface area (Å²) < 4.78 is 0. The van der Waals surface area contributed by atoms with Crippen LogP contribution in [-0.4, -0.2) is 36.1 Å². The van der Waals surface area contributed by atoms with Gasteiger partial charge in [-0.1, -0.05) is 6.07 Å². The molecule has 0 spiro atoms. The molecule has 0 saturated carbocycles. The van der Waals surface area contributed by atoms with Crippen molar-refractivity contribution in [1.82, 2.24) is 9.88 Å². The summed E-state index contributed by atoms with van der Waals surface area (Å²) in [4.78, 5) is 6.69. The van der Waals surface area contributed by atoms with Crippen molar-refractivity contribution in [2.24, 2.45) is 5.84 Å². The van der Waals surface area contributed by atoms with Crippen molar-refractivity contribution in [3.8, 4) is 0 Å². The summed E-state index contributed by atoms with van der Waals surface area (Å²) in [5, 5.41) is 3.44. The summed E-state index contributed by atoms with van der Waals surface area (Å²) in [6.45, 7) is 2.29. The SMILES string of the molecule is CN1CCC(Nc2cccc(NN)n2)CC1. The zero-order chi connectivity index (χ0) is 11.4. The number of nitrogens with one attached hydrogen (secondary N) is 2. The highest BCUT2D eigenvalue weighted by molar-refractivity contribution is 5.44. The lowest BCUT2D eigenvalue weighted by Gasteiger charge is -2.29. The Labute approximate surface area is 96.0 Å². The second kappa shape index (κ2) is 5.14. The Morgan fingerprint density at radius 3 is 2.69 bits per heavy atom. The van der Waals surface area contributed by atoms with Gasteiger partial charge < -0.3 is 15.6 Å². The maximum absolute atomic E-state index is 5.32. The summed E-state index contributed by atoms with van der Waals surface area (Å²) in [6, 6.07) is 6.29. The molecule has 0 bridgehead atoms. The largest absolute Gasteiger partial charge is 0.367 e. The third-order valence-electron chi connectivity index (χ3n) is 2.97. The number of likely N-dealkylation sites (tertiary alicyclic amines) is 1. The topological polar surface area (TPSA) is 66.2 Å². The molecule has 1 aliphatic rings. The van der Waals surface area contributed by atoms with Crippen LogP contribution in [-0.2, 0) is 0 Å². The van der Waals surface area contributed by atoms with E-state index in [0.29, 0.717) is 11.9 Å². The van der Waals surface area contributed by atoms with Gasteiger partial charge in [0.05, 0.1) is 0 Å². The molecule has 0 radical (unpaired) electrons. The van der Waals surface area contributed by atoms with E-state index in [9.17, 15) is 0 Å². The first-order valence-corrected chi connectivity index (χ1v) is 5.66. The quantitative estimate of drug-likeness (QED) is 0.522. The van der Waals surface area contributed by atoms with Crippen molar-refractivity contribution in [3.05, 3.63) is 18.2 Å². The van der Waals surface area contributed by atoms with E-state index in [1.807, 2.05) is 18.2 Å². The Balaban J connectivity index is 1.93. The molecule has 5 heteroatoms. The van der Waals surface area contributed by atoms with Crippen LogP contribution in [0.2, 0.25) is 0 Å². The molecule has 1 saturated heterocycles. The first kappa shape index (κ1) is 11.2. The van der Waals surface area contributed by atoms with Crippen LogP contribution in [0.4, 0.5) is 11.6 Å². The smallest absolute Gasteiger partial charge is 0.142 e. The third kappa shape index (κ3) is 2.84. The molecule has 0 aliphatic carbocycles. The fourth-order valence-corrected chi connectivity index (χ4v) is 1.96. The van der Waals surface area contributed by atoms with Crippen molar-refractivity contribution in [2.45, 2.75) is 18.9 Å². The second-order valence-electron chi connectivity index (χ2n) is 4.27. The zero-order valence-electron chi connectivity index (χ0n) is 9.61. The molecular weight excluding hydrogens is 202 g/mol. The summed E-state index contributed by atoms with van der Waals surface area (Å²) in [7, 11) is 2.16. The van der Waals surface area contributed by atoms with Crippen molar-refractivity contribution < 1.29 is 0 Å². The van der Waals surface area contributed by atoms with Crippen LogP contribution in [0.25, 0.3) is 0 Å². The van der Waals surface area contributed by atoms with E-state index >= 15 is 0 Å². The predicted octanol–water partition coefficient (Wildman–Crippen LogP) is 0.873. The van der Waals surface area contributed by atoms with Crippen molar-refractivity contribution in [2.75, 3.05) is 30.9 Å². The van der Waals surface area contributed by atoms with Gasteiger partial charge in [0.2, 0.25) is 0 Å². The standard InChI is InChI=1S/C11H19N5/c1-16-7-5-9(6-8-16)13-10-3-2-4-11(14-10)15-12/h2-4,9H,5-8,12H2,1H3,(H2,13,14,15). The number of rotatable bonds is 3. The molecule has 1 aromatic heterocycles. The molecule has 5 nitrogen and oxygen atoms in total. The van der Waals surface area contributed by atoms with Gasteiger partial charge in [0, 0.05) is 6.04 Å². The fourth-order valence-electron chi connectivity index (χ4n) is 1.96. The van der Waals surface area contributed by atoms with Crippen LogP contribution in [0.3, 0.4) is 0 Å². The van der Waals surface area contributed by atoms with Gasteiger partial charge in [-0.15, -0.1) is 0 Å². The number of hydrogen-bond acceptors (Lipinski definition) is 5. The Kier molecular flexibility index (Phi) is 3.58. The van der Waals surface area contributed by atoms with Crippen LogP contribution < -0.4 is 16.6 Å². The van der Waals surface area contributed by atoms with Gasteiger partial charge in [-0.2, -0.15) is 0 Å². The summed E-state index contributed by atoms with van der Waals surface area (Å²) in [5.41, 5.74) is 2.55. The van der Waals surface area contributed by atoms with Crippen molar-refractivity contribution >= 4 is 11.6 Å². The van der Waals surface area contributed by atoms with Crippen molar-refractivity contribution in [1.29, 1.82) is 0 Å². The lowest BCUT2D eigenvalue weighted by atomic mass is 10.1. The number of aromatic nitrogens is 1. The first-order valence-electron chi connectivity index (χ1n) is 5.66. The highest BCUT2D eigenvalue weighted by Gasteiger charge is 2.16. The van der Waals surface area contributed by atoms with Gasteiger partial charge in [0.1, 0.15) is 11.6 Å². The number of anilines is 2. The Morgan fingerprint density at radius 1 is 1.31 bits per heavy atom. The molecule has 2 heterocycles. The van der Waals surface area contributed by atoms with Gasteiger partial charge in [0.15, 0.2) is 0 Å². The Morgan fingerprint density at radius 2 is 2.00 bits per heavy atom. The van der Waals surface area contributed by atoms with E-state index in [-0.39, 0.29) is 0 Å².